The third kappa shape index (κ3) is 4.55. The number of hydrogen-bond donors (Lipinski definition) is 2. The number of hydrogen-bond acceptors (Lipinski definition) is 5. The highest BCUT2D eigenvalue weighted by Crippen LogP contribution is 2.18. The maximum Gasteiger partial charge on any atom is 0.307 e. The number of nitrogens with one attached hydrogen (secondary N) is 1. The second-order valence-corrected chi connectivity index (χ2v) is 4.08. The Bertz CT molecular complexity index is 415. The molecule has 1 aromatic rings. The minimum Gasteiger partial charge on any atom is -0.469 e. The van der Waals surface area contributed by atoms with Crippen LogP contribution in [0.25, 0.3) is 0 Å². The van der Waals surface area contributed by atoms with Gasteiger partial charge in [0.15, 0.2) is 0 Å². The molecular weight excluding hydrogens is 232 g/mol. The highest BCUT2D eigenvalue weighted by molar-refractivity contribution is 5.77. The first-order valence-corrected chi connectivity index (χ1v) is 5.68. The maximum absolute atomic E-state index is 11.3. The highest BCUT2D eigenvalue weighted by Gasteiger charge is 2.16. The van der Waals surface area contributed by atoms with Crippen molar-refractivity contribution in [2.24, 2.45) is 0 Å². The quantitative estimate of drug-likeness (QED) is 0.582. The van der Waals surface area contributed by atoms with Gasteiger partial charge in [0.1, 0.15) is 5.78 Å². The van der Waals surface area contributed by atoms with Crippen molar-refractivity contribution in [2.75, 3.05) is 19.4 Å². The third-order valence-corrected chi connectivity index (χ3v) is 2.53. The average Bonchev–Trinajstić information content (AvgIpc) is 2.35. The lowest BCUT2D eigenvalue weighted by Gasteiger charge is -2.17. The first-order chi connectivity index (χ1) is 8.52. The van der Waals surface area contributed by atoms with E-state index in [-0.39, 0.29) is 30.8 Å². The summed E-state index contributed by atoms with van der Waals surface area (Å²) in [6.45, 7) is 1.71. The van der Waals surface area contributed by atoms with E-state index < -0.39 is 0 Å². The van der Waals surface area contributed by atoms with E-state index in [0.717, 1.165) is 5.56 Å². The zero-order valence-electron chi connectivity index (χ0n) is 10.6. The topological polar surface area (TPSA) is 81.4 Å². The molecule has 5 heteroatoms. The molecule has 0 aromatic heterocycles. The van der Waals surface area contributed by atoms with Crippen LogP contribution in [0.1, 0.15) is 24.9 Å². The highest BCUT2D eigenvalue weighted by atomic mass is 16.5. The lowest BCUT2D eigenvalue weighted by molar-refractivity contribution is -0.141. The number of anilines is 1. The molecule has 18 heavy (non-hydrogen) atoms. The molecule has 0 saturated heterocycles. The van der Waals surface area contributed by atoms with E-state index in [4.69, 9.17) is 5.73 Å². The first kappa shape index (κ1) is 14.2. The monoisotopic (exact) mass is 250 g/mol. The van der Waals surface area contributed by atoms with Crippen molar-refractivity contribution in [1.82, 2.24) is 5.32 Å². The van der Waals surface area contributed by atoms with Gasteiger partial charge in [-0.05, 0) is 24.6 Å². The molecule has 0 aliphatic rings. The van der Waals surface area contributed by atoms with Crippen LogP contribution in [-0.2, 0) is 14.3 Å². The number of ketones is 1. The van der Waals surface area contributed by atoms with Gasteiger partial charge in [-0.15, -0.1) is 0 Å². The SMILES string of the molecule is COC(=O)C[C@@H](NCC(C)=O)c1ccc(N)cc1. The zero-order valence-corrected chi connectivity index (χ0v) is 10.6. The van der Waals surface area contributed by atoms with Gasteiger partial charge >= 0.3 is 5.97 Å². The lowest BCUT2D eigenvalue weighted by atomic mass is 10.0. The summed E-state index contributed by atoms with van der Waals surface area (Å²) in [7, 11) is 1.34. The van der Waals surface area contributed by atoms with E-state index >= 15 is 0 Å². The van der Waals surface area contributed by atoms with Crippen molar-refractivity contribution >= 4 is 17.4 Å². The normalized spacial score (nSPS) is 11.9. The first-order valence-electron chi connectivity index (χ1n) is 5.68. The van der Waals surface area contributed by atoms with E-state index in [1.54, 1.807) is 12.1 Å². The van der Waals surface area contributed by atoms with Crippen LogP contribution in [0.3, 0.4) is 0 Å². The largest absolute Gasteiger partial charge is 0.469 e. The molecule has 0 heterocycles. The molecule has 98 valence electrons. The molecule has 0 saturated carbocycles. The van der Waals surface area contributed by atoms with Crippen LogP contribution in [0.15, 0.2) is 24.3 Å². The molecule has 0 aliphatic carbocycles. The molecular formula is C13H18N2O3. The Morgan fingerprint density at radius 3 is 2.44 bits per heavy atom. The van der Waals surface area contributed by atoms with E-state index in [2.05, 4.69) is 10.1 Å². The molecule has 1 aromatic carbocycles. The van der Waals surface area contributed by atoms with Gasteiger partial charge in [0, 0.05) is 11.7 Å². The van der Waals surface area contributed by atoms with Gasteiger partial charge < -0.3 is 15.8 Å². The zero-order chi connectivity index (χ0) is 13.5. The van der Waals surface area contributed by atoms with Crippen molar-refractivity contribution in [3.05, 3.63) is 29.8 Å². The Morgan fingerprint density at radius 2 is 1.94 bits per heavy atom. The van der Waals surface area contributed by atoms with Crippen molar-refractivity contribution in [3.63, 3.8) is 0 Å². The van der Waals surface area contributed by atoms with Crippen LogP contribution < -0.4 is 11.1 Å². The summed E-state index contributed by atoms with van der Waals surface area (Å²) < 4.78 is 4.64. The van der Waals surface area contributed by atoms with E-state index in [1.165, 1.54) is 14.0 Å². The Kier molecular flexibility index (Phi) is 5.32. The minimum atomic E-state index is -0.326. The van der Waals surface area contributed by atoms with Crippen LogP contribution in [-0.4, -0.2) is 25.4 Å². The van der Waals surface area contributed by atoms with Gasteiger partial charge in [-0.1, -0.05) is 12.1 Å². The Hall–Kier alpha value is -1.88. The fourth-order valence-corrected chi connectivity index (χ4v) is 1.55. The summed E-state index contributed by atoms with van der Waals surface area (Å²) in [6.07, 6.45) is 0.174. The van der Waals surface area contributed by atoms with Gasteiger partial charge in [0.2, 0.25) is 0 Å². The van der Waals surface area contributed by atoms with E-state index in [0.29, 0.717) is 5.69 Å². The summed E-state index contributed by atoms with van der Waals surface area (Å²) in [6, 6.07) is 6.93. The van der Waals surface area contributed by atoms with Gasteiger partial charge in [-0.3, -0.25) is 9.59 Å². The summed E-state index contributed by atoms with van der Waals surface area (Å²) in [4.78, 5) is 22.3. The molecule has 0 spiro atoms. The average molecular weight is 250 g/mol. The molecule has 5 nitrogen and oxygen atoms in total. The number of benzene rings is 1. The standard InChI is InChI=1S/C13H18N2O3/c1-9(16)8-15-12(7-13(17)18-2)10-3-5-11(14)6-4-10/h3-6,12,15H,7-8,14H2,1-2H3/t12-/m1/s1. The number of Topliss-reactive ketones (excluding diaryl/α,β-unsaturated/α-hetero) is 1. The number of ether oxygens (including phenoxy) is 1. The molecule has 0 amide bonds. The number of nitrogen functional groups attached to an aromatic ring is 1. The van der Waals surface area contributed by atoms with Crippen LogP contribution in [0.4, 0.5) is 5.69 Å². The lowest BCUT2D eigenvalue weighted by Crippen LogP contribution is -2.28. The predicted molar refractivity (Wildman–Crippen MR) is 68.9 cm³/mol. The van der Waals surface area contributed by atoms with Crippen molar-refractivity contribution in [1.29, 1.82) is 0 Å². The minimum absolute atomic E-state index is 0.0142. The fourth-order valence-electron chi connectivity index (χ4n) is 1.55. The van der Waals surface area contributed by atoms with Gasteiger partial charge in [-0.25, -0.2) is 0 Å². The Morgan fingerprint density at radius 1 is 1.33 bits per heavy atom. The number of carbonyl (C=O) groups is 2. The maximum atomic E-state index is 11.3. The molecule has 0 unspecified atom stereocenters. The number of carbonyl (C=O) groups excluding carboxylic acids is 2. The molecule has 0 radical (unpaired) electrons. The molecule has 1 rings (SSSR count). The van der Waals surface area contributed by atoms with Crippen LogP contribution in [0.2, 0.25) is 0 Å². The van der Waals surface area contributed by atoms with Crippen LogP contribution in [0, 0.1) is 0 Å². The van der Waals surface area contributed by atoms with Gasteiger partial charge in [-0.2, -0.15) is 0 Å². The van der Waals surface area contributed by atoms with Gasteiger partial charge in [0.05, 0.1) is 20.1 Å². The van der Waals surface area contributed by atoms with E-state index in [1.807, 2.05) is 12.1 Å². The molecule has 0 fully saturated rings. The number of methoxy groups -OCH3 is 1. The third-order valence-electron chi connectivity index (χ3n) is 2.53. The second kappa shape index (κ2) is 6.76. The number of nitrogens with two attached hydrogens (primary N) is 1. The molecule has 3 N–H and O–H groups in total. The predicted octanol–water partition coefficient (Wildman–Crippen LogP) is 1.05. The van der Waals surface area contributed by atoms with E-state index in [9.17, 15) is 9.59 Å². The van der Waals surface area contributed by atoms with Crippen molar-refractivity contribution < 1.29 is 14.3 Å². The summed E-state index contributed by atoms with van der Waals surface area (Å²) >= 11 is 0. The van der Waals surface area contributed by atoms with Crippen LogP contribution >= 0.6 is 0 Å². The summed E-state index contributed by atoms with van der Waals surface area (Å²) in [5, 5.41) is 3.03. The van der Waals surface area contributed by atoms with Gasteiger partial charge in [0.25, 0.3) is 0 Å². The Labute approximate surface area is 106 Å². The molecule has 0 bridgehead atoms. The van der Waals surface area contributed by atoms with Crippen molar-refractivity contribution in [2.45, 2.75) is 19.4 Å². The molecule has 1 atom stereocenters. The Balaban J connectivity index is 2.78. The van der Waals surface area contributed by atoms with Crippen LogP contribution in [0.5, 0.6) is 0 Å². The van der Waals surface area contributed by atoms with Crippen molar-refractivity contribution in [3.8, 4) is 0 Å². The number of rotatable bonds is 6. The summed E-state index contributed by atoms with van der Waals surface area (Å²) in [5.41, 5.74) is 7.16. The molecule has 0 aliphatic heterocycles. The number of esters is 1. The second-order valence-electron chi connectivity index (χ2n) is 4.08. The fraction of sp³-hybridized carbons (Fsp3) is 0.385. The summed E-state index contributed by atoms with van der Waals surface area (Å²) in [5.74, 6) is -0.312. The smallest absolute Gasteiger partial charge is 0.307 e.